The lowest BCUT2D eigenvalue weighted by Crippen LogP contribution is -2.36. The molecule has 11 heteroatoms. The van der Waals surface area contributed by atoms with Crippen LogP contribution in [0.3, 0.4) is 0 Å². The van der Waals surface area contributed by atoms with E-state index in [1.165, 1.54) is 18.1 Å². The molecule has 2 aromatic heterocycles. The first-order chi connectivity index (χ1) is 14.3. The lowest BCUT2D eigenvalue weighted by Gasteiger charge is -2.25. The van der Waals surface area contributed by atoms with Gasteiger partial charge in [0.05, 0.1) is 19.0 Å². The second-order valence-electron chi connectivity index (χ2n) is 6.33. The zero-order valence-electron chi connectivity index (χ0n) is 15.3. The Morgan fingerprint density at radius 1 is 1.21 bits per heavy atom. The number of morpholine rings is 1. The van der Waals surface area contributed by atoms with E-state index in [0.29, 0.717) is 36.0 Å². The summed E-state index contributed by atoms with van der Waals surface area (Å²) < 4.78 is 16.9. The molecule has 0 bridgehead atoms. The second-order valence-corrected chi connectivity index (χ2v) is 8.27. The van der Waals surface area contributed by atoms with Crippen LogP contribution in [0.5, 0.6) is 11.5 Å². The molecule has 0 unspecified atom stereocenters. The SMILES string of the molecule is O=C(CSc1ncnc2nc(N3CCOCC3)sc12)Nc1ccc2c(c1)OCO2. The van der Waals surface area contributed by atoms with Crippen LogP contribution in [0, 0.1) is 0 Å². The highest BCUT2D eigenvalue weighted by molar-refractivity contribution is 8.00. The van der Waals surface area contributed by atoms with Gasteiger partial charge in [-0.05, 0) is 12.1 Å². The number of nitrogens with zero attached hydrogens (tertiary/aromatic N) is 4. The number of carbonyl (C=O) groups excluding carboxylic acids is 1. The number of hydrogen-bond donors (Lipinski definition) is 1. The van der Waals surface area contributed by atoms with E-state index < -0.39 is 0 Å². The van der Waals surface area contributed by atoms with Crippen LogP contribution in [0.15, 0.2) is 29.6 Å². The number of thioether (sulfide) groups is 1. The van der Waals surface area contributed by atoms with E-state index >= 15 is 0 Å². The molecule has 9 nitrogen and oxygen atoms in total. The van der Waals surface area contributed by atoms with Crippen molar-refractivity contribution in [3.8, 4) is 11.5 Å². The molecule has 2 aliphatic rings. The van der Waals surface area contributed by atoms with Crippen molar-refractivity contribution in [2.24, 2.45) is 0 Å². The third-order valence-electron chi connectivity index (χ3n) is 4.43. The van der Waals surface area contributed by atoms with Gasteiger partial charge >= 0.3 is 0 Å². The van der Waals surface area contributed by atoms with Crippen LogP contribution in [0.2, 0.25) is 0 Å². The smallest absolute Gasteiger partial charge is 0.234 e. The average Bonchev–Trinajstić information content (AvgIpc) is 3.39. The van der Waals surface area contributed by atoms with Crippen molar-refractivity contribution in [1.29, 1.82) is 0 Å². The van der Waals surface area contributed by atoms with Gasteiger partial charge in [-0.1, -0.05) is 23.1 Å². The van der Waals surface area contributed by atoms with Crippen molar-refractivity contribution in [2.75, 3.05) is 49.1 Å². The Labute approximate surface area is 174 Å². The van der Waals surface area contributed by atoms with Crippen molar-refractivity contribution in [1.82, 2.24) is 15.0 Å². The zero-order chi connectivity index (χ0) is 19.6. The molecule has 3 aromatic rings. The van der Waals surface area contributed by atoms with Gasteiger partial charge in [0.25, 0.3) is 0 Å². The van der Waals surface area contributed by atoms with Gasteiger partial charge in [-0.15, -0.1) is 0 Å². The molecule has 29 heavy (non-hydrogen) atoms. The summed E-state index contributed by atoms with van der Waals surface area (Å²) in [5, 5.41) is 4.54. The molecular formula is C18H17N5O4S2. The van der Waals surface area contributed by atoms with Gasteiger partial charge < -0.3 is 24.4 Å². The van der Waals surface area contributed by atoms with Crippen molar-refractivity contribution in [3.63, 3.8) is 0 Å². The molecule has 2 aliphatic heterocycles. The number of nitrogens with one attached hydrogen (secondary N) is 1. The third-order valence-corrected chi connectivity index (χ3v) is 6.66. The molecule has 5 rings (SSSR count). The van der Waals surface area contributed by atoms with Crippen molar-refractivity contribution < 1.29 is 19.0 Å². The lowest BCUT2D eigenvalue weighted by molar-refractivity contribution is -0.113. The van der Waals surface area contributed by atoms with Gasteiger partial charge in [0.2, 0.25) is 12.7 Å². The number of amides is 1. The van der Waals surface area contributed by atoms with E-state index in [2.05, 4.69) is 25.2 Å². The standard InChI is InChI=1S/C18H17N5O4S2/c24-14(21-11-1-2-12-13(7-11)27-10-26-12)8-28-17-15-16(19-9-20-17)22-18(29-15)23-3-5-25-6-4-23/h1-2,7,9H,3-6,8,10H2,(H,21,24). The third kappa shape index (κ3) is 3.93. The number of thiazole rings is 1. The topological polar surface area (TPSA) is 98.7 Å². The summed E-state index contributed by atoms with van der Waals surface area (Å²) in [7, 11) is 0. The molecule has 1 N–H and O–H groups in total. The van der Waals surface area contributed by atoms with Crippen molar-refractivity contribution in [3.05, 3.63) is 24.5 Å². The maximum atomic E-state index is 12.4. The molecule has 0 radical (unpaired) electrons. The Bertz CT molecular complexity index is 1050. The number of ether oxygens (including phenoxy) is 3. The largest absolute Gasteiger partial charge is 0.454 e. The predicted molar refractivity (Wildman–Crippen MR) is 110 cm³/mol. The van der Waals surface area contributed by atoms with Gasteiger partial charge in [0.1, 0.15) is 16.1 Å². The van der Waals surface area contributed by atoms with Crippen LogP contribution in [0.4, 0.5) is 10.8 Å². The monoisotopic (exact) mass is 431 g/mol. The highest BCUT2D eigenvalue weighted by Crippen LogP contribution is 2.35. The normalized spacial score (nSPS) is 15.7. The molecule has 1 amide bonds. The van der Waals surface area contributed by atoms with E-state index in [4.69, 9.17) is 14.2 Å². The average molecular weight is 431 g/mol. The Balaban J connectivity index is 1.26. The summed E-state index contributed by atoms with van der Waals surface area (Å²) in [4.78, 5) is 27.8. The molecule has 1 aromatic carbocycles. The fourth-order valence-corrected chi connectivity index (χ4v) is 4.96. The molecule has 0 spiro atoms. The summed E-state index contributed by atoms with van der Waals surface area (Å²) >= 11 is 2.92. The Morgan fingerprint density at radius 3 is 2.97 bits per heavy atom. The van der Waals surface area contributed by atoms with Gasteiger partial charge in [0.15, 0.2) is 22.3 Å². The predicted octanol–water partition coefficient (Wildman–Crippen LogP) is 2.38. The number of rotatable bonds is 5. The van der Waals surface area contributed by atoms with E-state index in [1.807, 2.05) is 0 Å². The number of carbonyl (C=O) groups is 1. The molecule has 150 valence electrons. The number of aromatic nitrogens is 3. The Kier molecular flexibility index (Phi) is 5.08. The van der Waals surface area contributed by atoms with Crippen LogP contribution in [-0.2, 0) is 9.53 Å². The summed E-state index contributed by atoms with van der Waals surface area (Å²) in [5.41, 5.74) is 1.32. The number of anilines is 2. The van der Waals surface area contributed by atoms with Crippen molar-refractivity contribution in [2.45, 2.75) is 5.03 Å². The van der Waals surface area contributed by atoms with E-state index in [9.17, 15) is 4.79 Å². The minimum Gasteiger partial charge on any atom is -0.454 e. The van der Waals surface area contributed by atoms with Crippen LogP contribution >= 0.6 is 23.1 Å². The summed E-state index contributed by atoms with van der Waals surface area (Å²) in [6.07, 6.45) is 1.49. The molecular weight excluding hydrogens is 414 g/mol. The maximum absolute atomic E-state index is 12.4. The summed E-state index contributed by atoms with van der Waals surface area (Å²) in [6, 6.07) is 5.33. The van der Waals surface area contributed by atoms with Crippen LogP contribution in [-0.4, -0.2) is 59.7 Å². The molecule has 1 saturated heterocycles. The number of fused-ring (bicyclic) bond motifs is 2. The van der Waals surface area contributed by atoms with Gasteiger partial charge in [0, 0.05) is 24.8 Å². The molecule has 0 atom stereocenters. The molecule has 1 fully saturated rings. The zero-order valence-corrected chi connectivity index (χ0v) is 16.9. The second kappa shape index (κ2) is 8.01. The van der Waals surface area contributed by atoms with Gasteiger partial charge in [-0.2, -0.15) is 4.98 Å². The van der Waals surface area contributed by atoms with Gasteiger partial charge in [-0.3, -0.25) is 4.79 Å². The number of benzene rings is 1. The Morgan fingerprint density at radius 2 is 2.07 bits per heavy atom. The van der Waals surface area contributed by atoms with Crippen LogP contribution < -0.4 is 19.7 Å². The highest BCUT2D eigenvalue weighted by atomic mass is 32.2. The Hall–Kier alpha value is -2.63. The van der Waals surface area contributed by atoms with E-state index in [-0.39, 0.29) is 18.5 Å². The van der Waals surface area contributed by atoms with Crippen LogP contribution in [0.1, 0.15) is 0 Å². The van der Waals surface area contributed by atoms with Gasteiger partial charge in [-0.25, -0.2) is 9.97 Å². The fraction of sp³-hybridized carbons (Fsp3) is 0.333. The first kappa shape index (κ1) is 18.4. The summed E-state index contributed by atoms with van der Waals surface area (Å²) in [5.74, 6) is 1.42. The minimum atomic E-state index is -0.126. The quantitative estimate of drug-likeness (QED) is 0.482. The van der Waals surface area contributed by atoms with Crippen LogP contribution in [0.25, 0.3) is 10.3 Å². The fourth-order valence-electron chi connectivity index (χ4n) is 3.02. The summed E-state index contributed by atoms with van der Waals surface area (Å²) in [6.45, 7) is 3.22. The first-order valence-corrected chi connectivity index (χ1v) is 10.8. The highest BCUT2D eigenvalue weighted by Gasteiger charge is 2.19. The molecule has 0 saturated carbocycles. The maximum Gasteiger partial charge on any atom is 0.234 e. The lowest BCUT2D eigenvalue weighted by atomic mass is 10.3. The van der Waals surface area contributed by atoms with E-state index in [0.717, 1.165) is 27.9 Å². The molecule has 4 heterocycles. The van der Waals surface area contributed by atoms with Crippen molar-refractivity contribution >= 4 is 50.2 Å². The minimum absolute atomic E-state index is 0.126. The molecule has 0 aliphatic carbocycles. The number of hydrogen-bond acceptors (Lipinski definition) is 10. The first-order valence-electron chi connectivity index (χ1n) is 9.03. The van der Waals surface area contributed by atoms with E-state index in [1.54, 1.807) is 29.5 Å².